The van der Waals surface area contributed by atoms with Crippen molar-refractivity contribution >= 4 is 25.7 Å². The number of allylic oxidation sites excluding steroid dienone is 6. The number of aliphatic hydroxyl groups is 1. The van der Waals surface area contributed by atoms with Gasteiger partial charge in [-0.15, -0.1) is 0 Å². The first-order valence-corrected chi connectivity index (χ1v) is 28.0. The first-order chi connectivity index (χ1) is 31.6. The van der Waals surface area contributed by atoms with Crippen molar-refractivity contribution in [3.05, 3.63) is 36.5 Å². The normalized spacial score (nSPS) is 13.8. The average Bonchev–Trinajstić information content (AvgIpc) is 3.28. The lowest BCUT2D eigenvalue weighted by Crippen LogP contribution is -2.43. The Balaban J connectivity index is 3.80. The second-order valence-electron chi connectivity index (χ2n) is 18.1. The minimum absolute atomic E-state index is 0.150. The number of phosphoric ester groups is 1. The van der Waals surface area contributed by atoms with E-state index in [0.717, 1.165) is 57.8 Å². The fraction of sp³-hybridized carbons (Fsp3) is 0.830. The van der Waals surface area contributed by atoms with Crippen molar-refractivity contribution in [3.63, 3.8) is 0 Å². The van der Waals surface area contributed by atoms with Gasteiger partial charge >= 0.3 is 19.8 Å². The van der Waals surface area contributed by atoms with Gasteiger partial charge in [-0.25, -0.2) is 9.36 Å². The second kappa shape index (κ2) is 48.2. The Labute approximate surface area is 397 Å². The van der Waals surface area contributed by atoms with Gasteiger partial charge in [-0.2, -0.15) is 0 Å². The molecule has 0 heterocycles. The molecule has 3 atom stereocenters. The lowest BCUT2D eigenvalue weighted by Gasteiger charge is -2.18. The summed E-state index contributed by atoms with van der Waals surface area (Å²) >= 11 is 0. The molecule has 12 heteroatoms. The molecule has 0 aliphatic heterocycles. The number of esters is 1. The van der Waals surface area contributed by atoms with E-state index in [0.29, 0.717) is 12.8 Å². The summed E-state index contributed by atoms with van der Waals surface area (Å²) in [4.78, 5) is 46.2. The number of carbonyl (C=O) groups excluding carboxylic acids is 2. The Morgan fingerprint density at radius 1 is 0.492 bits per heavy atom. The molecule has 0 bridgehead atoms. The van der Waals surface area contributed by atoms with Crippen molar-refractivity contribution in [2.45, 2.75) is 264 Å². The van der Waals surface area contributed by atoms with Gasteiger partial charge in [-0.1, -0.05) is 224 Å². The molecule has 0 aromatic heterocycles. The van der Waals surface area contributed by atoms with Crippen molar-refractivity contribution in [2.75, 3.05) is 19.8 Å². The summed E-state index contributed by atoms with van der Waals surface area (Å²) in [5.74, 6) is -2.36. The predicted octanol–water partition coefficient (Wildman–Crippen LogP) is 14.7. The van der Waals surface area contributed by atoms with Gasteiger partial charge in [0.05, 0.1) is 13.2 Å². The molecular formula is C53H98NO10P. The van der Waals surface area contributed by atoms with Gasteiger partial charge in [0.2, 0.25) is 5.91 Å². The van der Waals surface area contributed by atoms with Crippen molar-refractivity contribution in [1.82, 2.24) is 5.32 Å². The van der Waals surface area contributed by atoms with Crippen molar-refractivity contribution in [3.8, 4) is 0 Å². The molecule has 380 valence electrons. The molecule has 0 aliphatic carbocycles. The van der Waals surface area contributed by atoms with Crippen LogP contribution in [0.5, 0.6) is 0 Å². The van der Waals surface area contributed by atoms with Crippen LogP contribution in [-0.2, 0) is 32.7 Å². The lowest BCUT2D eigenvalue weighted by atomic mass is 10.0. The number of hydrogen-bond donors (Lipinski definition) is 4. The molecule has 65 heavy (non-hydrogen) atoms. The van der Waals surface area contributed by atoms with Gasteiger partial charge in [0, 0.05) is 12.8 Å². The Bertz CT molecular complexity index is 1240. The fourth-order valence-corrected chi connectivity index (χ4v) is 8.33. The second-order valence-corrected chi connectivity index (χ2v) is 19.5. The lowest BCUT2D eigenvalue weighted by molar-refractivity contribution is -0.147. The van der Waals surface area contributed by atoms with Gasteiger partial charge in [-0.05, 0) is 51.4 Å². The number of rotatable bonds is 50. The number of ether oxygens (including phenoxy) is 1. The molecule has 0 saturated carbocycles. The number of carboxylic acid groups (broad SMARTS) is 1. The van der Waals surface area contributed by atoms with Crippen LogP contribution in [0.15, 0.2) is 36.5 Å². The Hall–Kier alpha value is -2.30. The van der Waals surface area contributed by atoms with Crippen LogP contribution in [0.3, 0.4) is 0 Å². The molecule has 0 saturated heterocycles. The van der Waals surface area contributed by atoms with E-state index in [9.17, 15) is 34.1 Å². The monoisotopic (exact) mass is 940 g/mol. The van der Waals surface area contributed by atoms with E-state index in [2.05, 4.69) is 55.6 Å². The largest absolute Gasteiger partial charge is 0.480 e. The topological polar surface area (TPSA) is 169 Å². The van der Waals surface area contributed by atoms with E-state index in [1.54, 1.807) is 0 Å². The van der Waals surface area contributed by atoms with Crippen LogP contribution in [0.25, 0.3) is 0 Å². The maximum Gasteiger partial charge on any atom is 0.472 e. The maximum atomic E-state index is 12.4. The van der Waals surface area contributed by atoms with Crippen LogP contribution in [-0.4, -0.2) is 64.9 Å². The number of aliphatic hydroxyl groups excluding tert-OH is 1. The first-order valence-electron chi connectivity index (χ1n) is 26.5. The third kappa shape index (κ3) is 48.0. The van der Waals surface area contributed by atoms with Crippen LogP contribution in [0, 0.1) is 0 Å². The Morgan fingerprint density at radius 2 is 0.846 bits per heavy atom. The molecule has 1 amide bonds. The summed E-state index contributed by atoms with van der Waals surface area (Å²) in [6, 6.07) is -1.54. The molecule has 0 aliphatic rings. The third-order valence-electron chi connectivity index (χ3n) is 11.7. The van der Waals surface area contributed by atoms with E-state index in [1.165, 1.54) is 154 Å². The highest BCUT2D eigenvalue weighted by Crippen LogP contribution is 2.43. The van der Waals surface area contributed by atoms with Crippen LogP contribution in [0.4, 0.5) is 0 Å². The highest BCUT2D eigenvalue weighted by atomic mass is 31.2. The minimum atomic E-state index is -4.76. The molecule has 0 aromatic rings. The van der Waals surface area contributed by atoms with Crippen molar-refractivity contribution in [1.29, 1.82) is 0 Å². The first kappa shape index (κ1) is 62.7. The summed E-state index contributed by atoms with van der Waals surface area (Å²) < 4.78 is 27.0. The van der Waals surface area contributed by atoms with Crippen LogP contribution >= 0.6 is 7.82 Å². The molecule has 11 nitrogen and oxygen atoms in total. The third-order valence-corrected chi connectivity index (χ3v) is 12.6. The number of carboxylic acids is 1. The van der Waals surface area contributed by atoms with E-state index in [-0.39, 0.29) is 12.8 Å². The number of hydrogen-bond acceptors (Lipinski definition) is 8. The SMILES string of the molecule is CCCCC/C=C\C/C=C\C/C=C\CCCCCCCCCCCCC(=O)OCC(O)COP(=O)(O)OCC(NC(=O)CCCCCCCCCCCCCCCCCCCC)C(=O)O. The van der Waals surface area contributed by atoms with Crippen LogP contribution in [0.1, 0.15) is 251 Å². The average molecular weight is 940 g/mol. The number of nitrogens with one attached hydrogen (secondary N) is 1. The zero-order valence-corrected chi connectivity index (χ0v) is 42.4. The van der Waals surface area contributed by atoms with Gasteiger partial charge in [0.25, 0.3) is 0 Å². The molecule has 0 fully saturated rings. The standard InChI is InChI=1S/C53H98NO10P/c1-3-5-7-9-11-13-15-17-19-21-23-24-25-26-27-29-31-33-35-37-39-41-43-45-52(57)62-46-49(55)47-63-65(60,61)64-48-50(53(58)59)54-51(56)44-42-40-38-36-34-32-30-28-22-20-18-16-14-12-10-8-6-4-2/h11,13,17,19,23-24,49-50,55H,3-10,12,14-16,18,20-22,25-48H2,1-2H3,(H,54,56)(H,58,59)(H,60,61)/b13-11-,19-17-,24-23-. The van der Waals surface area contributed by atoms with Gasteiger partial charge < -0.3 is 25.2 Å². The highest BCUT2D eigenvalue weighted by molar-refractivity contribution is 7.47. The summed E-state index contributed by atoms with van der Waals surface area (Å²) in [7, 11) is -4.76. The van der Waals surface area contributed by atoms with Crippen LogP contribution < -0.4 is 5.32 Å². The molecule has 0 aromatic carbocycles. The van der Waals surface area contributed by atoms with Crippen molar-refractivity contribution < 1.29 is 47.8 Å². The number of aliphatic carboxylic acids is 1. The zero-order chi connectivity index (χ0) is 47.7. The van der Waals surface area contributed by atoms with E-state index >= 15 is 0 Å². The molecule has 4 N–H and O–H groups in total. The van der Waals surface area contributed by atoms with Gasteiger partial charge in [0.1, 0.15) is 12.7 Å². The molecular weight excluding hydrogens is 842 g/mol. The zero-order valence-electron chi connectivity index (χ0n) is 41.5. The quantitative estimate of drug-likeness (QED) is 0.0199. The van der Waals surface area contributed by atoms with E-state index in [1.807, 2.05) is 0 Å². The summed E-state index contributed by atoms with van der Waals surface area (Å²) in [6.45, 7) is 2.61. The number of phosphoric acid groups is 1. The number of carbonyl (C=O) groups is 3. The minimum Gasteiger partial charge on any atom is -0.480 e. The van der Waals surface area contributed by atoms with Gasteiger partial charge in [0.15, 0.2) is 6.04 Å². The highest BCUT2D eigenvalue weighted by Gasteiger charge is 2.28. The molecule has 0 rings (SSSR count). The smallest absolute Gasteiger partial charge is 0.472 e. The predicted molar refractivity (Wildman–Crippen MR) is 268 cm³/mol. The van der Waals surface area contributed by atoms with Crippen molar-refractivity contribution in [2.24, 2.45) is 0 Å². The number of amides is 1. The fourth-order valence-electron chi connectivity index (χ4n) is 7.56. The molecule has 3 unspecified atom stereocenters. The Morgan fingerprint density at radius 3 is 1.29 bits per heavy atom. The molecule has 0 spiro atoms. The maximum absolute atomic E-state index is 12.4. The Kier molecular flexibility index (Phi) is 46.5. The summed E-state index contributed by atoms with van der Waals surface area (Å²) in [5.41, 5.74) is 0. The van der Waals surface area contributed by atoms with Crippen LogP contribution in [0.2, 0.25) is 0 Å². The summed E-state index contributed by atoms with van der Waals surface area (Å²) in [6.07, 6.45) is 54.5. The number of unbranched alkanes of at least 4 members (excludes halogenated alkanes) is 30. The summed E-state index contributed by atoms with van der Waals surface area (Å²) in [5, 5.41) is 21.9. The van der Waals surface area contributed by atoms with E-state index in [4.69, 9.17) is 13.8 Å². The molecule has 0 radical (unpaired) electrons. The van der Waals surface area contributed by atoms with Gasteiger partial charge in [-0.3, -0.25) is 18.6 Å². The van der Waals surface area contributed by atoms with E-state index < -0.39 is 57.6 Å².